The van der Waals surface area contributed by atoms with Gasteiger partial charge in [-0.25, -0.2) is 4.79 Å². The van der Waals surface area contributed by atoms with Crippen LogP contribution in [0.25, 0.3) is 0 Å². The van der Waals surface area contributed by atoms with E-state index >= 15 is 0 Å². The van der Waals surface area contributed by atoms with Crippen molar-refractivity contribution in [1.82, 2.24) is 5.32 Å². The minimum atomic E-state index is -0.714. The normalized spacial score (nSPS) is 16.2. The number of fused-ring (bicyclic) bond motifs is 1. The molecule has 2 aromatic carbocycles. The van der Waals surface area contributed by atoms with Gasteiger partial charge in [-0.05, 0) is 67.1 Å². The summed E-state index contributed by atoms with van der Waals surface area (Å²) in [5.74, 6) is 0.268. The molecule has 0 spiro atoms. The summed E-state index contributed by atoms with van der Waals surface area (Å²) in [6.07, 6.45) is 2.01. The number of hydrogen-bond donors (Lipinski definition) is 3. The third-order valence-electron chi connectivity index (χ3n) is 5.02. The molecular formula is C22H27Cl2NO5. The lowest BCUT2D eigenvalue weighted by molar-refractivity contribution is -0.145. The van der Waals surface area contributed by atoms with E-state index in [1.54, 1.807) is 19.1 Å². The maximum absolute atomic E-state index is 11.5. The molecule has 6 nitrogen and oxygen atoms in total. The smallest absolute Gasteiger partial charge is 0.344 e. The van der Waals surface area contributed by atoms with Crippen molar-refractivity contribution in [3.05, 3.63) is 58.1 Å². The van der Waals surface area contributed by atoms with E-state index in [-0.39, 0.29) is 41.8 Å². The number of hydrogen-bond acceptors (Lipinski definition) is 6. The molecule has 0 radical (unpaired) electrons. The quantitative estimate of drug-likeness (QED) is 0.527. The lowest BCUT2D eigenvalue weighted by Gasteiger charge is -2.27. The van der Waals surface area contributed by atoms with Gasteiger partial charge < -0.3 is 25.0 Å². The summed E-state index contributed by atoms with van der Waals surface area (Å²) in [4.78, 5) is 11.5. The van der Waals surface area contributed by atoms with Crippen LogP contribution in [0.4, 0.5) is 0 Å². The predicted octanol–water partition coefficient (Wildman–Crippen LogP) is 3.59. The van der Waals surface area contributed by atoms with Crippen LogP contribution in [0, 0.1) is 0 Å². The number of benzene rings is 2. The van der Waals surface area contributed by atoms with Gasteiger partial charge in [-0.3, -0.25) is 0 Å². The number of carbonyl (C=O) groups excluding carboxylic acids is 1. The molecule has 0 unspecified atom stereocenters. The Bertz CT molecular complexity index is 861. The van der Waals surface area contributed by atoms with Gasteiger partial charge in [0.1, 0.15) is 11.5 Å². The third-order valence-corrected chi connectivity index (χ3v) is 5.33. The van der Waals surface area contributed by atoms with Crippen LogP contribution < -0.4 is 10.1 Å². The summed E-state index contributed by atoms with van der Waals surface area (Å²) in [5, 5.41) is 23.5. The molecule has 8 heteroatoms. The molecule has 164 valence electrons. The van der Waals surface area contributed by atoms with Crippen molar-refractivity contribution in [2.45, 2.75) is 38.3 Å². The van der Waals surface area contributed by atoms with Crippen LogP contribution in [0.15, 0.2) is 36.4 Å². The van der Waals surface area contributed by atoms with Crippen LogP contribution in [-0.4, -0.2) is 42.0 Å². The summed E-state index contributed by atoms with van der Waals surface area (Å²) in [7, 11) is 0. The number of aryl methyl sites for hydroxylation is 1. The standard InChI is InChI=1S/C22H26ClNO5.ClH/c1-2-28-22(27)13-29-18-7-4-14-3-6-17(9-16(14)10-18)24-12-21(26)15-5-8-20(25)19(23)11-15;/h4-5,7-8,10-11,17,21,24-26H,2-3,6,9,12-13H2,1H3;1H/t17-,21-;/m1./s1. The molecule has 0 bridgehead atoms. The molecule has 3 rings (SSSR count). The highest BCUT2D eigenvalue weighted by Crippen LogP contribution is 2.28. The second kappa shape index (κ2) is 11.4. The fourth-order valence-electron chi connectivity index (χ4n) is 3.47. The highest BCUT2D eigenvalue weighted by atomic mass is 35.5. The molecule has 2 atom stereocenters. The molecule has 0 heterocycles. The summed E-state index contributed by atoms with van der Waals surface area (Å²) < 4.78 is 10.4. The number of esters is 1. The summed E-state index contributed by atoms with van der Waals surface area (Å²) in [6, 6.07) is 10.8. The second-order valence-corrected chi connectivity index (χ2v) is 7.51. The Balaban J connectivity index is 0.00000320. The van der Waals surface area contributed by atoms with Crippen LogP contribution in [0.1, 0.15) is 36.1 Å². The first-order valence-electron chi connectivity index (χ1n) is 9.76. The van der Waals surface area contributed by atoms with Crippen LogP contribution in [0.5, 0.6) is 11.5 Å². The maximum atomic E-state index is 11.5. The minimum absolute atomic E-state index is 0. The van der Waals surface area contributed by atoms with Crippen LogP contribution in [-0.2, 0) is 22.4 Å². The van der Waals surface area contributed by atoms with E-state index < -0.39 is 6.10 Å². The zero-order chi connectivity index (χ0) is 20.8. The van der Waals surface area contributed by atoms with Gasteiger partial charge in [0.15, 0.2) is 6.61 Å². The second-order valence-electron chi connectivity index (χ2n) is 7.10. The molecule has 1 aliphatic rings. The van der Waals surface area contributed by atoms with E-state index in [9.17, 15) is 15.0 Å². The van der Waals surface area contributed by atoms with Crippen molar-refractivity contribution in [2.75, 3.05) is 19.8 Å². The van der Waals surface area contributed by atoms with Gasteiger partial charge >= 0.3 is 5.97 Å². The van der Waals surface area contributed by atoms with Gasteiger partial charge in [0, 0.05) is 12.6 Å². The lowest BCUT2D eigenvalue weighted by Crippen LogP contribution is -2.37. The number of carbonyl (C=O) groups is 1. The molecule has 0 saturated carbocycles. The average molecular weight is 456 g/mol. The van der Waals surface area contributed by atoms with Crippen LogP contribution >= 0.6 is 24.0 Å². The Labute approximate surface area is 187 Å². The Morgan fingerprint density at radius 1 is 1.27 bits per heavy atom. The first-order valence-corrected chi connectivity index (χ1v) is 10.1. The molecule has 0 aromatic heterocycles. The number of phenolic OH excluding ortho intramolecular Hbond substituents is 1. The molecule has 0 amide bonds. The van der Waals surface area contributed by atoms with E-state index in [0.29, 0.717) is 24.5 Å². The number of phenols is 1. The molecule has 3 N–H and O–H groups in total. The van der Waals surface area contributed by atoms with E-state index in [0.717, 1.165) is 19.3 Å². The number of aliphatic hydroxyl groups excluding tert-OH is 1. The van der Waals surface area contributed by atoms with E-state index in [2.05, 4.69) is 5.32 Å². The molecule has 0 fully saturated rings. The van der Waals surface area contributed by atoms with Gasteiger partial charge in [-0.2, -0.15) is 0 Å². The highest BCUT2D eigenvalue weighted by Gasteiger charge is 2.20. The van der Waals surface area contributed by atoms with Gasteiger partial charge in [-0.1, -0.05) is 23.7 Å². The molecule has 30 heavy (non-hydrogen) atoms. The minimum Gasteiger partial charge on any atom is -0.506 e. The summed E-state index contributed by atoms with van der Waals surface area (Å²) >= 11 is 5.92. The van der Waals surface area contributed by atoms with Crippen molar-refractivity contribution in [3.8, 4) is 11.5 Å². The number of nitrogens with one attached hydrogen (secondary N) is 1. The Kier molecular flexibility index (Phi) is 9.24. The summed E-state index contributed by atoms with van der Waals surface area (Å²) in [5.41, 5.74) is 3.11. The molecule has 2 aromatic rings. The topological polar surface area (TPSA) is 88.0 Å². The van der Waals surface area contributed by atoms with Crippen molar-refractivity contribution in [2.24, 2.45) is 0 Å². The Hall–Kier alpha value is -1.99. The zero-order valence-corrected chi connectivity index (χ0v) is 18.3. The van der Waals surface area contributed by atoms with Gasteiger partial charge in [-0.15, -0.1) is 12.4 Å². The first-order chi connectivity index (χ1) is 14.0. The zero-order valence-electron chi connectivity index (χ0n) is 16.8. The maximum Gasteiger partial charge on any atom is 0.344 e. The fourth-order valence-corrected chi connectivity index (χ4v) is 3.66. The monoisotopic (exact) mass is 455 g/mol. The SMILES string of the molecule is CCOC(=O)COc1ccc2c(c1)C[C@H](NC[C@@H](O)c1ccc(O)c(Cl)c1)CC2.Cl. The van der Waals surface area contributed by atoms with Crippen molar-refractivity contribution >= 4 is 30.0 Å². The number of aliphatic hydroxyl groups is 1. The molecular weight excluding hydrogens is 429 g/mol. The van der Waals surface area contributed by atoms with Gasteiger partial charge in [0.25, 0.3) is 0 Å². The fraction of sp³-hybridized carbons (Fsp3) is 0.409. The van der Waals surface area contributed by atoms with Crippen molar-refractivity contribution < 1.29 is 24.5 Å². The molecule has 0 aliphatic heterocycles. The third kappa shape index (κ3) is 6.51. The Morgan fingerprint density at radius 2 is 2.07 bits per heavy atom. The molecule has 0 saturated heterocycles. The highest BCUT2D eigenvalue weighted by molar-refractivity contribution is 6.32. The molecule has 1 aliphatic carbocycles. The van der Waals surface area contributed by atoms with E-state index in [1.165, 1.54) is 17.2 Å². The van der Waals surface area contributed by atoms with Gasteiger partial charge in [0.2, 0.25) is 0 Å². The van der Waals surface area contributed by atoms with E-state index in [4.69, 9.17) is 21.1 Å². The lowest BCUT2D eigenvalue weighted by atomic mass is 9.88. The Morgan fingerprint density at radius 3 is 2.80 bits per heavy atom. The van der Waals surface area contributed by atoms with Crippen molar-refractivity contribution in [3.63, 3.8) is 0 Å². The average Bonchev–Trinajstić information content (AvgIpc) is 2.72. The summed E-state index contributed by atoms with van der Waals surface area (Å²) in [6.45, 7) is 2.38. The predicted molar refractivity (Wildman–Crippen MR) is 118 cm³/mol. The van der Waals surface area contributed by atoms with E-state index in [1.807, 2.05) is 18.2 Å². The van der Waals surface area contributed by atoms with Crippen LogP contribution in [0.2, 0.25) is 5.02 Å². The first kappa shape index (κ1) is 24.3. The largest absolute Gasteiger partial charge is 0.506 e. The van der Waals surface area contributed by atoms with Gasteiger partial charge in [0.05, 0.1) is 17.7 Å². The number of halogens is 2. The number of aromatic hydroxyl groups is 1. The van der Waals surface area contributed by atoms with Crippen LogP contribution in [0.3, 0.4) is 0 Å². The number of ether oxygens (including phenoxy) is 2. The number of rotatable bonds is 8. The van der Waals surface area contributed by atoms with Crippen molar-refractivity contribution in [1.29, 1.82) is 0 Å².